The number of hydrogen-bond donors (Lipinski definition) is 2. The van der Waals surface area contributed by atoms with Crippen molar-refractivity contribution in [3.05, 3.63) is 53.6 Å². The third-order valence-corrected chi connectivity index (χ3v) is 4.19. The number of nitrogens with one attached hydrogen (secondary N) is 1. The van der Waals surface area contributed by atoms with Crippen molar-refractivity contribution in [3.8, 4) is 0 Å². The van der Waals surface area contributed by atoms with E-state index in [0.29, 0.717) is 6.42 Å². The lowest BCUT2D eigenvalue weighted by molar-refractivity contribution is 0.388. The Bertz CT molecular complexity index is 710. The van der Waals surface area contributed by atoms with E-state index in [4.69, 9.17) is 10.7 Å². The van der Waals surface area contributed by atoms with Crippen LogP contribution in [0.3, 0.4) is 0 Å². The topological polar surface area (TPSA) is 76.2 Å². The predicted octanol–water partition coefficient (Wildman–Crippen LogP) is 1.99. The van der Waals surface area contributed by atoms with Crippen LogP contribution in [0.1, 0.15) is 29.7 Å². The van der Waals surface area contributed by atoms with E-state index >= 15 is 0 Å². The molecular formula is C16H17N5. The molecule has 106 valence electrons. The van der Waals surface area contributed by atoms with Crippen LogP contribution in [0, 0.1) is 0 Å². The Kier molecular flexibility index (Phi) is 2.75. The quantitative estimate of drug-likeness (QED) is 0.881. The molecule has 5 heteroatoms. The zero-order valence-electron chi connectivity index (χ0n) is 11.7. The molecule has 0 fully saturated rings. The fourth-order valence-electron chi connectivity index (χ4n) is 3.31. The maximum absolute atomic E-state index is 6.61. The third kappa shape index (κ3) is 2.10. The lowest BCUT2D eigenvalue weighted by Gasteiger charge is -2.38. The summed E-state index contributed by atoms with van der Waals surface area (Å²) in [4.78, 5) is 13.0. The first kappa shape index (κ1) is 12.5. The number of aliphatic imine (C=N–C) groups is 1. The zero-order chi connectivity index (χ0) is 14.3. The van der Waals surface area contributed by atoms with Crippen molar-refractivity contribution in [2.45, 2.75) is 31.3 Å². The van der Waals surface area contributed by atoms with Crippen LogP contribution in [-0.4, -0.2) is 15.8 Å². The Balaban J connectivity index is 1.74. The summed E-state index contributed by atoms with van der Waals surface area (Å²) in [5.41, 5.74) is 10.5. The molecule has 0 saturated carbocycles. The summed E-state index contributed by atoms with van der Waals surface area (Å²) in [5.74, 6) is 0.878. The van der Waals surface area contributed by atoms with Gasteiger partial charge in [-0.3, -0.25) is 0 Å². The standard InChI is InChI=1S/C16H17N5/c17-16-7-2-4-11-3-1-5-13(15(11)16)20-14(21-16)9-12-6-8-18-10-19-12/h1,3,5-6,8,10H,2,4,7,9,17H2,(H,20,21). The van der Waals surface area contributed by atoms with Crippen LogP contribution in [0.5, 0.6) is 0 Å². The van der Waals surface area contributed by atoms with Crippen LogP contribution in [0.4, 0.5) is 5.69 Å². The second-order valence-corrected chi connectivity index (χ2v) is 5.68. The van der Waals surface area contributed by atoms with E-state index in [9.17, 15) is 0 Å². The van der Waals surface area contributed by atoms with Gasteiger partial charge < -0.3 is 11.1 Å². The SMILES string of the molecule is NC12CCCc3cccc(c31)NC(Cc1ccncn1)=N2. The molecule has 1 aliphatic carbocycles. The minimum Gasteiger partial charge on any atom is -0.343 e. The number of nitrogens with two attached hydrogens (primary N) is 1. The fraction of sp³-hybridized carbons (Fsp3) is 0.312. The first-order valence-corrected chi connectivity index (χ1v) is 7.26. The summed E-state index contributed by atoms with van der Waals surface area (Å²) in [6.45, 7) is 0. The highest BCUT2D eigenvalue weighted by molar-refractivity contribution is 5.99. The molecule has 21 heavy (non-hydrogen) atoms. The van der Waals surface area contributed by atoms with Gasteiger partial charge in [0.1, 0.15) is 17.8 Å². The van der Waals surface area contributed by atoms with Crippen molar-refractivity contribution in [1.82, 2.24) is 9.97 Å². The molecule has 2 aromatic rings. The van der Waals surface area contributed by atoms with E-state index in [-0.39, 0.29) is 0 Å². The monoisotopic (exact) mass is 279 g/mol. The Morgan fingerprint density at radius 3 is 3.10 bits per heavy atom. The molecule has 5 nitrogen and oxygen atoms in total. The number of hydrogen-bond acceptors (Lipinski definition) is 5. The highest BCUT2D eigenvalue weighted by Gasteiger charge is 2.37. The van der Waals surface area contributed by atoms with Crippen LogP contribution in [0.15, 0.2) is 41.8 Å². The number of aryl methyl sites for hydroxylation is 1. The van der Waals surface area contributed by atoms with Crippen LogP contribution in [-0.2, 0) is 18.5 Å². The molecular weight excluding hydrogens is 262 g/mol. The van der Waals surface area contributed by atoms with Gasteiger partial charge in [0, 0.05) is 23.9 Å². The number of benzene rings is 1. The van der Waals surface area contributed by atoms with Gasteiger partial charge in [0.25, 0.3) is 0 Å². The molecule has 1 aliphatic heterocycles. The number of anilines is 1. The van der Waals surface area contributed by atoms with Crippen molar-refractivity contribution in [2.24, 2.45) is 10.7 Å². The number of amidine groups is 1. The van der Waals surface area contributed by atoms with Gasteiger partial charge in [-0.05, 0) is 37.0 Å². The van der Waals surface area contributed by atoms with Crippen LogP contribution < -0.4 is 11.1 Å². The molecule has 4 rings (SSSR count). The number of aromatic nitrogens is 2. The summed E-state index contributed by atoms with van der Waals surface area (Å²) in [5, 5.41) is 3.42. The van der Waals surface area contributed by atoms with Crippen LogP contribution >= 0.6 is 0 Å². The predicted molar refractivity (Wildman–Crippen MR) is 82.0 cm³/mol. The first-order valence-electron chi connectivity index (χ1n) is 7.26. The molecule has 3 N–H and O–H groups in total. The molecule has 1 aromatic heterocycles. The average Bonchev–Trinajstić information content (AvgIpc) is 2.48. The maximum atomic E-state index is 6.61. The Morgan fingerprint density at radius 1 is 1.29 bits per heavy atom. The largest absolute Gasteiger partial charge is 0.343 e. The molecule has 1 atom stereocenters. The fourth-order valence-corrected chi connectivity index (χ4v) is 3.31. The highest BCUT2D eigenvalue weighted by atomic mass is 15.1. The number of nitrogens with zero attached hydrogens (tertiary/aromatic N) is 3. The van der Waals surface area contributed by atoms with Gasteiger partial charge in [-0.25, -0.2) is 15.0 Å². The molecule has 0 saturated heterocycles. The van der Waals surface area contributed by atoms with E-state index in [1.807, 2.05) is 6.07 Å². The summed E-state index contributed by atoms with van der Waals surface area (Å²) >= 11 is 0. The van der Waals surface area contributed by atoms with Gasteiger partial charge in [-0.15, -0.1) is 0 Å². The van der Waals surface area contributed by atoms with Gasteiger partial charge in [-0.2, -0.15) is 0 Å². The zero-order valence-corrected chi connectivity index (χ0v) is 11.7. The van der Waals surface area contributed by atoms with Gasteiger partial charge in [0.2, 0.25) is 0 Å². The van der Waals surface area contributed by atoms with Crippen molar-refractivity contribution in [1.29, 1.82) is 0 Å². The third-order valence-electron chi connectivity index (χ3n) is 4.19. The van der Waals surface area contributed by atoms with E-state index in [2.05, 4.69) is 33.5 Å². The average molecular weight is 279 g/mol. The van der Waals surface area contributed by atoms with E-state index in [1.165, 1.54) is 11.1 Å². The molecule has 1 aromatic carbocycles. The molecule has 0 bridgehead atoms. The summed E-state index contributed by atoms with van der Waals surface area (Å²) in [6, 6.07) is 8.23. The summed E-state index contributed by atoms with van der Waals surface area (Å²) in [6.07, 6.45) is 7.01. The highest BCUT2D eigenvalue weighted by Crippen LogP contribution is 2.41. The lowest BCUT2D eigenvalue weighted by Crippen LogP contribution is -2.44. The van der Waals surface area contributed by atoms with Gasteiger partial charge in [0.05, 0.1) is 5.69 Å². The summed E-state index contributed by atoms with van der Waals surface area (Å²) < 4.78 is 0. The van der Waals surface area contributed by atoms with E-state index in [0.717, 1.165) is 36.5 Å². The Hall–Kier alpha value is -2.27. The molecule has 0 spiro atoms. The minimum atomic E-state index is -0.586. The lowest BCUT2D eigenvalue weighted by atomic mass is 9.81. The Morgan fingerprint density at radius 2 is 2.24 bits per heavy atom. The first-order chi connectivity index (χ1) is 10.2. The van der Waals surface area contributed by atoms with Gasteiger partial charge >= 0.3 is 0 Å². The minimum absolute atomic E-state index is 0.586. The van der Waals surface area contributed by atoms with Crippen LogP contribution in [0.2, 0.25) is 0 Å². The normalized spacial score (nSPS) is 23.0. The van der Waals surface area contributed by atoms with E-state index < -0.39 is 5.66 Å². The van der Waals surface area contributed by atoms with Crippen molar-refractivity contribution < 1.29 is 0 Å². The van der Waals surface area contributed by atoms with Gasteiger partial charge in [-0.1, -0.05) is 12.1 Å². The molecule has 2 heterocycles. The van der Waals surface area contributed by atoms with Crippen molar-refractivity contribution in [3.63, 3.8) is 0 Å². The van der Waals surface area contributed by atoms with E-state index in [1.54, 1.807) is 12.5 Å². The van der Waals surface area contributed by atoms with Crippen LogP contribution in [0.25, 0.3) is 0 Å². The maximum Gasteiger partial charge on any atom is 0.138 e. The van der Waals surface area contributed by atoms with Crippen molar-refractivity contribution in [2.75, 3.05) is 5.32 Å². The molecule has 2 aliphatic rings. The number of rotatable bonds is 2. The summed E-state index contributed by atoms with van der Waals surface area (Å²) in [7, 11) is 0. The molecule has 1 unspecified atom stereocenters. The second-order valence-electron chi connectivity index (χ2n) is 5.68. The smallest absolute Gasteiger partial charge is 0.138 e. The van der Waals surface area contributed by atoms with Crippen molar-refractivity contribution >= 4 is 11.5 Å². The van der Waals surface area contributed by atoms with Gasteiger partial charge in [0.15, 0.2) is 0 Å². The molecule has 0 amide bonds. The molecule has 0 radical (unpaired) electrons. The second kappa shape index (κ2) is 4.63. The Labute approximate surface area is 123 Å².